The van der Waals surface area contributed by atoms with Crippen LogP contribution in [0.5, 0.6) is 0 Å². The molecular weight excluding hydrogens is 792 g/mol. The number of rotatable bonds is 3. The lowest BCUT2D eigenvalue weighted by molar-refractivity contribution is 0.333. The van der Waals surface area contributed by atoms with Gasteiger partial charge in [0, 0.05) is 38.0 Å². The molecule has 0 saturated carbocycles. The Kier molecular flexibility index (Phi) is 9.48. The molecule has 0 bridgehead atoms. The Morgan fingerprint density at radius 2 is 1.08 bits per heavy atom. The van der Waals surface area contributed by atoms with E-state index in [4.69, 9.17) is 0 Å². The Morgan fingerprint density at radius 3 is 1.69 bits per heavy atom. The second-order valence-electron chi connectivity index (χ2n) is 24.9. The van der Waals surface area contributed by atoms with E-state index in [2.05, 4.69) is 223 Å². The van der Waals surface area contributed by atoms with Crippen molar-refractivity contribution in [2.45, 2.75) is 169 Å². The molecule has 10 rings (SSSR count). The predicted molar refractivity (Wildman–Crippen MR) is 281 cm³/mol. The lowest BCUT2D eigenvalue weighted by Gasteiger charge is -2.50. The van der Waals surface area contributed by atoms with Crippen molar-refractivity contribution < 1.29 is 0 Å². The van der Waals surface area contributed by atoms with Crippen LogP contribution in [0.2, 0.25) is 0 Å². The third-order valence-electron chi connectivity index (χ3n) is 16.1. The van der Waals surface area contributed by atoms with Crippen molar-refractivity contribution in [2.75, 3.05) is 9.80 Å². The molecule has 0 saturated heterocycles. The van der Waals surface area contributed by atoms with Crippen LogP contribution in [0, 0.1) is 13.8 Å². The fourth-order valence-electron chi connectivity index (χ4n) is 12.1. The van der Waals surface area contributed by atoms with E-state index in [0.717, 1.165) is 6.42 Å². The molecule has 330 valence electrons. The number of benzene rings is 5. The molecule has 2 aliphatic heterocycles. The van der Waals surface area contributed by atoms with Gasteiger partial charge in [-0.15, -0.1) is 0 Å². The molecule has 6 aromatic rings. The molecule has 0 fully saturated rings. The van der Waals surface area contributed by atoms with Crippen LogP contribution in [0.4, 0.5) is 34.1 Å². The normalized spacial score (nSPS) is 18.8. The van der Waals surface area contributed by atoms with Crippen LogP contribution < -0.4 is 25.5 Å². The van der Waals surface area contributed by atoms with E-state index in [1.165, 1.54) is 108 Å². The first-order valence-electron chi connectivity index (χ1n) is 24.2. The summed E-state index contributed by atoms with van der Waals surface area (Å²) in [5.74, 6) is 0. The lowest BCUT2D eigenvalue weighted by Crippen LogP contribution is -2.61. The van der Waals surface area contributed by atoms with E-state index in [1.54, 1.807) is 16.0 Å². The van der Waals surface area contributed by atoms with Crippen molar-refractivity contribution in [2.24, 2.45) is 0 Å². The van der Waals surface area contributed by atoms with Crippen LogP contribution in [-0.4, -0.2) is 6.71 Å². The topological polar surface area (TPSA) is 6.48 Å². The maximum Gasteiger partial charge on any atom is 0.264 e. The molecule has 2 aliphatic carbocycles. The van der Waals surface area contributed by atoms with E-state index in [0.29, 0.717) is 0 Å². The first-order chi connectivity index (χ1) is 29.8. The third-order valence-corrected chi connectivity index (χ3v) is 17.7. The van der Waals surface area contributed by atoms with Gasteiger partial charge in [-0.25, -0.2) is 0 Å². The van der Waals surface area contributed by atoms with Gasteiger partial charge in [-0.05, 0) is 158 Å². The summed E-state index contributed by atoms with van der Waals surface area (Å²) in [7, 11) is 0. The predicted octanol–water partition coefficient (Wildman–Crippen LogP) is 15.4. The molecule has 3 heterocycles. The summed E-state index contributed by atoms with van der Waals surface area (Å²) in [6.45, 7) is 39.0. The van der Waals surface area contributed by atoms with E-state index >= 15 is 0 Å². The minimum atomic E-state index is -0.000548. The zero-order valence-electron chi connectivity index (χ0n) is 41.9. The first kappa shape index (κ1) is 43.4. The van der Waals surface area contributed by atoms with Crippen molar-refractivity contribution in [3.8, 4) is 11.1 Å². The molecular formula is C60H71BN2S. The standard InChI is InChI=1S/C60H71BN2S/c1-36-32-46-50-47(33-36)63(45-27-23-40(56(6,7)8)35-41(45)38-20-18-17-19-21-38)52-49-53(60(15,16)31-30-59(49,13)14)64-54(52)61(50)43-25-24-42-48(58(11,12)29-28-57(42,9)10)51(43)62(46)44-26-22-39(34-37(44)2)55(3,4)5/h17-27,32-35H,28-31H2,1-16H3. The SMILES string of the molecule is Cc1cc2c3c(c1)N(c1ccc(C(C)(C)C)cc1-c1ccccc1)c1c(sc4c1C(C)(C)CCC4(C)C)B3c1ccc3c(c1N2c1ccc(C(C)(C)C)cc1C)C(C)(C)CCC3(C)C. The maximum absolute atomic E-state index is 2.77. The average molecular weight is 863 g/mol. The molecule has 0 atom stereocenters. The highest BCUT2D eigenvalue weighted by Crippen LogP contribution is 2.59. The monoisotopic (exact) mass is 863 g/mol. The van der Waals surface area contributed by atoms with Gasteiger partial charge >= 0.3 is 0 Å². The lowest BCUT2D eigenvalue weighted by atomic mass is 9.35. The van der Waals surface area contributed by atoms with Crippen LogP contribution in [-0.2, 0) is 32.5 Å². The Morgan fingerprint density at radius 1 is 0.531 bits per heavy atom. The molecule has 5 aromatic carbocycles. The molecule has 0 unspecified atom stereocenters. The summed E-state index contributed by atoms with van der Waals surface area (Å²) >= 11 is 2.14. The Bertz CT molecular complexity index is 2890. The van der Waals surface area contributed by atoms with Crippen LogP contribution in [0.15, 0.2) is 91.0 Å². The molecule has 1 aromatic heterocycles. The number of nitrogens with zero attached hydrogens (tertiary/aromatic N) is 2. The minimum absolute atomic E-state index is 0.000548. The number of fused-ring (bicyclic) bond motifs is 8. The van der Waals surface area contributed by atoms with Gasteiger partial charge in [-0.1, -0.05) is 158 Å². The van der Waals surface area contributed by atoms with Gasteiger partial charge in [-0.3, -0.25) is 0 Å². The Balaban J connectivity index is 1.38. The van der Waals surface area contributed by atoms with Crippen LogP contribution in [0.1, 0.15) is 166 Å². The molecule has 4 aliphatic rings. The number of hydrogen-bond acceptors (Lipinski definition) is 3. The molecule has 0 N–H and O–H groups in total. The van der Waals surface area contributed by atoms with Crippen molar-refractivity contribution in [1.29, 1.82) is 0 Å². The molecule has 0 radical (unpaired) electrons. The fraction of sp³-hybridized carbons (Fsp3) is 0.433. The van der Waals surface area contributed by atoms with Crippen molar-refractivity contribution in [1.82, 2.24) is 0 Å². The van der Waals surface area contributed by atoms with Crippen LogP contribution in [0.25, 0.3) is 11.1 Å². The van der Waals surface area contributed by atoms with Crippen LogP contribution >= 0.6 is 11.3 Å². The molecule has 4 heteroatoms. The maximum atomic E-state index is 2.77. The zero-order valence-corrected chi connectivity index (χ0v) is 42.7. The second-order valence-corrected chi connectivity index (χ2v) is 26.0. The minimum Gasteiger partial charge on any atom is -0.311 e. The first-order valence-corrected chi connectivity index (χ1v) is 25.0. The van der Waals surface area contributed by atoms with Gasteiger partial charge in [0.25, 0.3) is 6.71 Å². The van der Waals surface area contributed by atoms with Gasteiger partial charge in [0.2, 0.25) is 0 Å². The third kappa shape index (κ3) is 6.46. The summed E-state index contributed by atoms with van der Waals surface area (Å²) in [6, 6.07) is 36.1. The summed E-state index contributed by atoms with van der Waals surface area (Å²) in [5, 5.41) is 0. The van der Waals surface area contributed by atoms with Gasteiger partial charge in [-0.2, -0.15) is 11.3 Å². The smallest absolute Gasteiger partial charge is 0.264 e. The molecule has 2 nitrogen and oxygen atoms in total. The highest BCUT2D eigenvalue weighted by Gasteiger charge is 2.53. The number of hydrogen-bond donors (Lipinski definition) is 0. The summed E-state index contributed by atoms with van der Waals surface area (Å²) < 4.78 is 1.51. The highest BCUT2D eigenvalue weighted by atomic mass is 32.1. The largest absolute Gasteiger partial charge is 0.311 e. The summed E-state index contributed by atoms with van der Waals surface area (Å²) in [6.07, 6.45) is 4.71. The van der Waals surface area contributed by atoms with Crippen molar-refractivity contribution in [3.63, 3.8) is 0 Å². The fourth-order valence-corrected chi connectivity index (χ4v) is 13.8. The van der Waals surface area contributed by atoms with E-state index in [-0.39, 0.29) is 39.2 Å². The van der Waals surface area contributed by atoms with E-state index in [1.807, 2.05) is 0 Å². The van der Waals surface area contributed by atoms with E-state index < -0.39 is 0 Å². The van der Waals surface area contributed by atoms with Crippen molar-refractivity contribution >= 4 is 67.9 Å². The number of thiophene rings is 1. The molecule has 0 spiro atoms. The highest BCUT2D eigenvalue weighted by molar-refractivity contribution is 7.29. The van der Waals surface area contributed by atoms with Gasteiger partial charge in [0.15, 0.2) is 0 Å². The summed E-state index contributed by atoms with van der Waals surface area (Å²) in [5.41, 5.74) is 23.7. The number of aryl methyl sites for hydroxylation is 2. The van der Waals surface area contributed by atoms with Crippen LogP contribution in [0.3, 0.4) is 0 Å². The second kappa shape index (κ2) is 14.0. The quantitative estimate of drug-likeness (QED) is 0.163. The van der Waals surface area contributed by atoms with Gasteiger partial charge < -0.3 is 9.80 Å². The molecule has 0 amide bonds. The summed E-state index contributed by atoms with van der Waals surface area (Å²) in [4.78, 5) is 7.11. The van der Waals surface area contributed by atoms with Gasteiger partial charge in [0.1, 0.15) is 0 Å². The Hall–Kier alpha value is -4.54. The van der Waals surface area contributed by atoms with Crippen molar-refractivity contribution in [3.05, 3.63) is 135 Å². The zero-order chi connectivity index (χ0) is 45.8. The average Bonchev–Trinajstić information content (AvgIpc) is 3.64. The van der Waals surface area contributed by atoms with Gasteiger partial charge in [0.05, 0.1) is 11.4 Å². The van der Waals surface area contributed by atoms with E-state index in [9.17, 15) is 0 Å². The Labute approximate surface area is 390 Å². The number of anilines is 6. The molecule has 64 heavy (non-hydrogen) atoms.